The van der Waals surface area contributed by atoms with Crippen LogP contribution in [0.4, 0.5) is 5.69 Å². The van der Waals surface area contributed by atoms with Crippen LogP contribution >= 0.6 is 0 Å². The predicted octanol–water partition coefficient (Wildman–Crippen LogP) is 3.89. The third-order valence-corrected chi connectivity index (χ3v) is 4.16. The standard InChI is InChI=1S/C21H22N4O/c1-15-11-17(13-23-12-15)14-24-16(2)18-3-5-20(6-4-18)25-21(26)19-7-9-22-10-8-19/h3-13,16,24H,14H2,1-2H3,(H,25,26). The van der Waals surface area contributed by atoms with Crippen LogP contribution in [0, 0.1) is 6.92 Å². The molecule has 0 radical (unpaired) electrons. The molecule has 1 unspecified atom stereocenters. The molecule has 0 fully saturated rings. The van der Waals surface area contributed by atoms with E-state index in [1.165, 1.54) is 0 Å². The lowest BCUT2D eigenvalue weighted by molar-refractivity contribution is 0.102. The van der Waals surface area contributed by atoms with Gasteiger partial charge in [-0.1, -0.05) is 18.2 Å². The SMILES string of the molecule is Cc1cncc(CNC(C)c2ccc(NC(=O)c3ccncc3)cc2)c1. The summed E-state index contributed by atoms with van der Waals surface area (Å²) in [4.78, 5) is 20.3. The molecule has 0 saturated carbocycles. The average molecular weight is 346 g/mol. The smallest absolute Gasteiger partial charge is 0.255 e. The van der Waals surface area contributed by atoms with E-state index < -0.39 is 0 Å². The molecule has 0 aliphatic carbocycles. The van der Waals surface area contributed by atoms with Crippen LogP contribution < -0.4 is 10.6 Å². The topological polar surface area (TPSA) is 66.9 Å². The van der Waals surface area contributed by atoms with E-state index in [1.807, 2.05) is 43.6 Å². The molecule has 2 N–H and O–H groups in total. The molecule has 1 amide bonds. The lowest BCUT2D eigenvalue weighted by Gasteiger charge is -2.15. The third-order valence-electron chi connectivity index (χ3n) is 4.16. The molecular weight excluding hydrogens is 324 g/mol. The van der Waals surface area contributed by atoms with Crippen molar-refractivity contribution in [1.82, 2.24) is 15.3 Å². The van der Waals surface area contributed by atoms with E-state index in [1.54, 1.807) is 24.5 Å². The summed E-state index contributed by atoms with van der Waals surface area (Å²) in [6.07, 6.45) is 6.95. The van der Waals surface area contributed by atoms with Gasteiger partial charge < -0.3 is 10.6 Å². The largest absolute Gasteiger partial charge is 0.322 e. The summed E-state index contributed by atoms with van der Waals surface area (Å²) in [6.45, 7) is 4.92. The Morgan fingerprint density at radius 2 is 1.77 bits per heavy atom. The predicted molar refractivity (Wildman–Crippen MR) is 103 cm³/mol. The van der Waals surface area contributed by atoms with E-state index in [2.05, 4.69) is 33.6 Å². The van der Waals surface area contributed by atoms with Crippen molar-refractivity contribution in [3.63, 3.8) is 0 Å². The van der Waals surface area contributed by atoms with Gasteiger partial charge in [0.25, 0.3) is 5.91 Å². The Kier molecular flexibility index (Phi) is 5.71. The highest BCUT2D eigenvalue weighted by Crippen LogP contribution is 2.17. The number of nitrogens with zero attached hydrogens (tertiary/aromatic N) is 2. The van der Waals surface area contributed by atoms with Crippen LogP contribution in [0.15, 0.2) is 67.3 Å². The maximum absolute atomic E-state index is 12.2. The monoisotopic (exact) mass is 346 g/mol. The van der Waals surface area contributed by atoms with Gasteiger partial charge in [0, 0.05) is 48.6 Å². The van der Waals surface area contributed by atoms with Crippen molar-refractivity contribution in [2.24, 2.45) is 0 Å². The van der Waals surface area contributed by atoms with Gasteiger partial charge in [0.15, 0.2) is 0 Å². The Morgan fingerprint density at radius 3 is 2.46 bits per heavy atom. The van der Waals surface area contributed by atoms with Crippen molar-refractivity contribution in [3.8, 4) is 0 Å². The first-order valence-corrected chi connectivity index (χ1v) is 8.57. The molecule has 132 valence electrons. The molecule has 2 heterocycles. The number of hydrogen-bond donors (Lipinski definition) is 2. The Morgan fingerprint density at radius 1 is 1.04 bits per heavy atom. The van der Waals surface area contributed by atoms with Crippen LogP contribution in [0.5, 0.6) is 0 Å². The number of carbonyl (C=O) groups excluding carboxylic acids is 1. The van der Waals surface area contributed by atoms with Gasteiger partial charge in [-0.3, -0.25) is 14.8 Å². The Bertz CT molecular complexity index is 863. The molecule has 0 saturated heterocycles. The summed E-state index contributed by atoms with van der Waals surface area (Å²) in [5.74, 6) is -0.140. The zero-order valence-corrected chi connectivity index (χ0v) is 14.9. The Labute approximate surface area is 153 Å². The summed E-state index contributed by atoms with van der Waals surface area (Å²) >= 11 is 0. The quantitative estimate of drug-likeness (QED) is 0.711. The van der Waals surface area contributed by atoms with E-state index >= 15 is 0 Å². The summed E-state index contributed by atoms with van der Waals surface area (Å²) in [6, 6.07) is 13.6. The normalized spacial score (nSPS) is 11.8. The second kappa shape index (κ2) is 8.36. The van der Waals surface area contributed by atoms with Crippen molar-refractivity contribution < 1.29 is 4.79 Å². The van der Waals surface area contributed by atoms with E-state index in [-0.39, 0.29) is 11.9 Å². The van der Waals surface area contributed by atoms with Crippen molar-refractivity contribution >= 4 is 11.6 Å². The van der Waals surface area contributed by atoms with Crippen LogP contribution in [0.3, 0.4) is 0 Å². The lowest BCUT2D eigenvalue weighted by atomic mass is 10.1. The molecule has 5 heteroatoms. The van der Waals surface area contributed by atoms with Crippen molar-refractivity contribution in [1.29, 1.82) is 0 Å². The molecule has 0 spiro atoms. The second-order valence-corrected chi connectivity index (χ2v) is 6.29. The number of benzene rings is 1. The van der Waals surface area contributed by atoms with Gasteiger partial charge in [-0.25, -0.2) is 0 Å². The zero-order chi connectivity index (χ0) is 18.4. The number of pyridine rings is 2. The zero-order valence-electron chi connectivity index (χ0n) is 14.9. The van der Waals surface area contributed by atoms with Crippen LogP contribution in [-0.4, -0.2) is 15.9 Å². The van der Waals surface area contributed by atoms with Gasteiger partial charge in [-0.15, -0.1) is 0 Å². The molecule has 1 aromatic carbocycles. The van der Waals surface area contributed by atoms with Crippen molar-refractivity contribution in [2.75, 3.05) is 5.32 Å². The minimum Gasteiger partial charge on any atom is -0.322 e. The molecule has 5 nitrogen and oxygen atoms in total. The maximum Gasteiger partial charge on any atom is 0.255 e. The fourth-order valence-electron chi connectivity index (χ4n) is 2.66. The fraction of sp³-hybridized carbons (Fsp3) is 0.190. The first kappa shape index (κ1) is 17.8. The van der Waals surface area contributed by atoms with Crippen LogP contribution in [0.25, 0.3) is 0 Å². The molecule has 3 rings (SSSR count). The molecule has 0 bridgehead atoms. The van der Waals surface area contributed by atoms with Crippen LogP contribution in [0.1, 0.15) is 40.0 Å². The number of amides is 1. The van der Waals surface area contributed by atoms with Crippen LogP contribution in [0.2, 0.25) is 0 Å². The Hall–Kier alpha value is -3.05. The van der Waals surface area contributed by atoms with Gasteiger partial charge >= 0.3 is 0 Å². The molecule has 2 aromatic heterocycles. The summed E-state index contributed by atoms with van der Waals surface area (Å²) in [5, 5.41) is 6.39. The highest BCUT2D eigenvalue weighted by Gasteiger charge is 2.08. The molecule has 1 atom stereocenters. The highest BCUT2D eigenvalue weighted by molar-refractivity contribution is 6.04. The minimum atomic E-state index is -0.140. The number of hydrogen-bond acceptors (Lipinski definition) is 4. The molecule has 26 heavy (non-hydrogen) atoms. The Balaban J connectivity index is 1.57. The van der Waals surface area contributed by atoms with Crippen molar-refractivity contribution in [3.05, 3.63) is 89.5 Å². The summed E-state index contributed by atoms with van der Waals surface area (Å²) in [5.41, 5.74) is 4.84. The highest BCUT2D eigenvalue weighted by atomic mass is 16.1. The number of aryl methyl sites for hydroxylation is 1. The second-order valence-electron chi connectivity index (χ2n) is 6.29. The van der Waals surface area contributed by atoms with E-state index in [0.717, 1.165) is 28.9 Å². The van der Waals surface area contributed by atoms with E-state index in [4.69, 9.17) is 0 Å². The van der Waals surface area contributed by atoms with Gasteiger partial charge in [0.2, 0.25) is 0 Å². The molecule has 0 aliphatic rings. The fourth-order valence-corrected chi connectivity index (χ4v) is 2.66. The number of rotatable bonds is 6. The van der Waals surface area contributed by atoms with Crippen LogP contribution in [-0.2, 0) is 6.54 Å². The van der Waals surface area contributed by atoms with Gasteiger partial charge in [-0.05, 0) is 54.8 Å². The first-order chi connectivity index (χ1) is 12.6. The number of anilines is 1. The van der Waals surface area contributed by atoms with E-state index in [0.29, 0.717) is 5.56 Å². The van der Waals surface area contributed by atoms with Gasteiger partial charge in [-0.2, -0.15) is 0 Å². The molecule has 3 aromatic rings. The summed E-state index contributed by atoms with van der Waals surface area (Å²) in [7, 11) is 0. The number of carbonyl (C=O) groups is 1. The third kappa shape index (κ3) is 4.74. The molecular formula is C21H22N4O. The van der Waals surface area contributed by atoms with Gasteiger partial charge in [0.1, 0.15) is 0 Å². The number of aromatic nitrogens is 2. The number of nitrogens with one attached hydrogen (secondary N) is 2. The first-order valence-electron chi connectivity index (χ1n) is 8.57. The minimum absolute atomic E-state index is 0.140. The molecule has 0 aliphatic heterocycles. The summed E-state index contributed by atoms with van der Waals surface area (Å²) < 4.78 is 0. The van der Waals surface area contributed by atoms with Gasteiger partial charge in [0.05, 0.1) is 0 Å². The lowest BCUT2D eigenvalue weighted by Crippen LogP contribution is -2.18. The maximum atomic E-state index is 12.2. The van der Waals surface area contributed by atoms with Crippen molar-refractivity contribution in [2.45, 2.75) is 26.4 Å². The average Bonchev–Trinajstić information content (AvgIpc) is 2.67. The van der Waals surface area contributed by atoms with E-state index in [9.17, 15) is 4.79 Å².